The van der Waals surface area contributed by atoms with Crippen LogP contribution in [0.15, 0.2) is 46.9 Å². The molecule has 0 saturated heterocycles. The number of nitrogens with zero attached hydrogens (tertiary/aromatic N) is 1. The summed E-state index contributed by atoms with van der Waals surface area (Å²) in [4.78, 5) is 23.1. The maximum Gasteiger partial charge on any atom is 0.293 e. The molecule has 2 aromatic rings. The zero-order valence-electron chi connectivity index (χ0n) is 13.1. The minimum absolute atomic E-state index is 0.108. The zero-order valence-corrected chi connectivity index (χ0v) is 14.7. The number of hydrogen-bond donors (Lipinski definition) is 1. The average Bonchev–Trinajstić information content (AvgIpc) is 2.46. The summed E-state index contributed by atoms with van der Waals surface area (Å²) < 4.78 is 0.856. The number of nitro benzene ring substituents is 1. The molecule has 6 heteroatoms. The van der Waals surface area contributed by atoms with Crippen LogP contribution in [0.2, 0.25) is 0 Å². The Kier molecular flexibility index (Phi) is 4.85. The van der Waals surface area contributed by atoms with E-state index < -0.39 is 4.92 Å². The van der Waals surface area contributed by atoms with Crippen molar-refractivity contribution in [3.8, 4) is 0 Å². The number of amides is 1. The fourth-order valence-corrected chi connectivity index (χ4v) is 2.31. The van der Waals surface area contributed by atoms with E-state index in [0.29, 0.717) is 5.56 Å². The van der Waals surface area contributed by atoms with Crippen LogP contribution in [0.25, 0.3) is 0 Å². The molecule has 0 aliphatic carbocycles. The van der Waals surface area contributed by atoms with Gasteiger partial charge in [0, 0.05) is 16.1 Å². The molecule has 2 aromatic carbocycles. The van der Waals surface area contributed by atoms with Crippen LogP contribution < -0.4 is 5.32 Å². The van der Waals surface area contributed by atoms with Gasteiger partial charge in [0.25, 0.3) is 11.6 Å². The Balaban J connectivity index is 2.34. The van der Waals surface area contributed by atoms with Crippen LogP contribution in [-0.2, 0) is 5.41 Å². The first-order chi connectivity index (χ1) is 10.7. The fourth-order valence-electron chi connectivity index (χ4n) is 2.05. The molecule has 0 radical (unpaired) electrons. The summed E-state index contributed by atoms with van der Waals surface area (Å²) in [5, 5.41) is 13.9. The molecule has 1 amide bonds. The topological polar surface area (TPSA) is 72.2 Å². The first-order valence-electron chi connectivity index (χ1n) is 7.04. The van der Waals surface area contributed by atoms with Gasteiger partial charge in [-0.3, -0.25) is 14.9 Å². The second-order valence-corrected chi connectivity index (χ2v) is 7.12. The minimum Gasteiger partial charge on any atom is -0.316 e. The fraction of sp³-hybridized carbons (Fsp3) is 0.235. The molecule has 0 fully saturated rings. The number of anilines is 1. The van der Waals surface area contributed by atoms with E-state index in [2.05, 4.69) is 21.2 Å². The summed E-state index contributed by atoms with van der Waals surface area (Å²) >= 11 is 3.30. The number of nitro groups is 1. The van der Waals surface area contributed by atoms with Crippen LogP contribution in [0, 0.1) is 10.1 Å². The number of halogens is 1. The van der Waals surface area contributed by atoms with Crippen LogP contribution in [0.3, 0.4) is 0 Å². The van der Waals surface area contributed by atoms with E-state index in [-0.39, 0.29) is 22.7 Å². The van der Waals surface area contributed by atoms with Crippen LogP contribution in [0.1, 0.15) is 36.7 Å². The van der Waals surface area contributed by atoms with Gasteiger partial charge < -0.3 is 5.32 Å². The lowest BCUT2D eigenvalue weighted by molar-refractivity contribution is -0.384. The third kappa shape index (κ3) is 4.16. The zero-order chi connectivity index (χ0) is 17.2. The molecule has 23 heavy (non-hydrogen) atoms. The highest BCUT2D eigenvalue weighted by molar-refractivity contribution is 9.10. The van der Waals surface area contributed by atoms with Crippen molar-refractivity contribution >= 4 is 33.2 Å². The van der Waals surface area contributed by atoms with Gasteiger partial charge in [-0.15, -0.1) is 0 Å². The number of hydrogen-bond acceptors (Lipinski definition) is 3. The summed E-state index contributed by atoms with van der Waals surface area (Å²) in [6.07, 6.45) is 0. The molecule has 0 aromatic heterocycles. The van der Waals surface area contributed by atoms with Crippen molar-refractivity contribution in [1.29, 1.82) is 0 Å². The lowest BCUT2D eigenvalue weighted by Crippen LogP contribution is -2.15. The molecule has 0 saturated carbocycles. The molecule has 2 rings (SSSR count). The normalized spacial score (nSPS) is 11.1. The Morgan fingerprint density at radius 1 is 1.13 bits per heavy atom. The van der Waals surface area contributed by atoms with Crippen LogP contribution in [-0.4, -0.2) is 10.8 Å². The second-order valence-electron chi connectivity index (χ2n) is 6.20. The maximum absolute atomic E-state index is 12.2. The van der Waals surface area contributed by atoms with E-state index in [1.165, 1.54) is 6.07 Å². The predicted octanol–water partition coefficient (Wildman–Crippen LogP) is 4.91. The first kappa shape index (κ1) is 17.1. The van der Waals surface area contributed by atoms with E-state index in [9.17, 15) is 14.9 Å². The second kappa shape index (κ2) is 6.50. The van der Waals surface area contributed by atoms with Gasteiger partial charge in [0.1, 0.15) is 5.69 Å². The Morgan fingerprint density at radius 2 is 1.74 bits per heavy atom. The van der Waals surface area contributed by atoms with Gasteiger partial charge >= 0.3 is 0 Å². The minimum atomic E-state index is -0.480. The molecule has 0 bridgehead atoms. The summed E-state index contributed by atoms with van der Waals surface area (Å²) in [5.41, 5.74) is 1.14. The lowest BCUT2D eigenvalue weighted by atomic mass is 9.86. The Bertz CT molecular complexity index is 749. The number of benzene rings is 2. The van der Waals surface area contributed by atoms with Crippen molar-refractivity contribution in [2.45, 2.75) is 26.2 Å². The predicted molar refractivity (Wildman–Crippen MR) is 93.9 cm³/mol. The number of carbonyl (C=O) groups is 1. The molecular formula is C17H17BrN2O3. The molecular weight excluding hydrogens is 360 g/mol. The summed E-state index contributed by atoms with van der Waals surface area (Å²) in [6.45, 7) is 5.93. The SMILES string of the molecule is CC(C)(C)c1ccc(NC(=O)c2ccc(Br)cc2)c([N+](=O)[O-])c1. The monoisotopic (exact) mass is 376 g/mol. The number of rotatable bonds is 3. The summed E-state index contributed by atoms with van der Waals surface area (Å²) in [5.74, 6) is -0.385. The Morgan fingerprint density at radius 3 is 2.26 bits per heavy atom. The molecule has 0 unspecified atom stereocenters. The van der Waals surface area contributed by atoms with Gasteiger partial charge in [0.05, 0.1) is 4.92 Å². The van der Waals surface area contributed by atoms with E-state index in [1.54, 1.807) is 36.4 Å². The van der Waals surface area contributed by atoms with Gasteiger partial charge in [-0.1, -0.05) is 42.8 Å². The molecule has 0 spiro atoms. The van der Waals surface area contributed by atoms with Gasteiger partial charge in [-0.25, -0.2) is 0 Å². The highest BCUT2D eigenvalue weighted by Crippen LogP contribution is 2.31. The molecule has 120 valence electrons. The highest BCUT2D eigenvalue weighted by Gasteiger charge is 2.22. The van der Waals surface area contributed by atoms with Crippen molar-refractivity contribution in [1.82, 2.24) is 0 Å². The van der Waals surface area contributed by atoms with Crippen LogP contribution in [0.4, 0.5) is 11.4 Å². The third-order valence-electron chi connectivity index (χ3n) is 3.42. The van der Waals surface area contributed by atoms with Crippen molar-refractivity contribution in [3.63, 3.8) is 0 Å². The average molecular weight is 377 g/mol. The van der Waals surface area contributed by atoms with Crippen LogP contribution in [0.5, 0.6) is 0 Å². The lowest BCUT2D eigenvalue weighted by Gasteiger charge is -2.19. The molecule has 5 nitrogen and oxygen atoms in total. The molecule has 1 N–H and O–H groups in total. The molecule has 0 aliphatic heterocycles. The quantitative estimate of drug-likeness (QED) is 0.610. The Hall–Kier alpha value is -2.21. The summed E-state index contributed by atoms with van der Waals surface area (Å²) in [7, 11) is 0. The largest absolute Gasteiger partial charge is 0.316 e. The van der Waals surface area contributed by atoms with Crippen molar-refractivity contribution in [3.05, 3.63) is 68.2 Å². The molecule has 0 aliphatic rings. The smallest absolute Gasteiger partial charge is 0.293 e. The highest BCUT2D eigenvalue weighted by atomic mass is 79.9. The van der Waals surface area contributed by atoms with E-state index >= 15 is 0 Å². The molecule has 0 heterocycles. The first-order valence-corrected chi connectivity index (χ1v) is 7.83. The van der Waals surface area contributed by atoms with E-state index in [0.717, 1.165) is 10.0 Å². The maximum atomic E-state index is 12.2. The van der Waals surface area contributed by atoms with Gasteiger partial charge in [-0.05, 0) is 41.3 Å². The standard InChI is InChI=1S/C17H17BrN2O3/c1-17(2,3)12-6-9-14(15(10-12)20(22)23)19-16(21)11-4-7-13(18)8-5-11/h4-10H,1-3H3,(H,19,21). The van der Waals surface area contributed by atoms with Crippen LogP contribution >= 0.6 is 15.9 Å². The molecule has 0 atom stereocenters. The summed E-state index contributed by atoms with van der Waals surface area (Å²) in [6, 6.07) is 11.7. The third-order valence-corrected chi connectivity index (χ3v) is 3.94. The number of nitrogens with one attached hydrogen (secondary N) is 1. The van der Waals surface area contributed by atoms with Gasteiger partial charge in [-0.2, -0.15) is 0 Å². The number of carbonyl (C=O) groups excluding carboxylic acids is 1. The van der Waals surface area contributed by atoms with Crippen molar-refractivity contribution in [2.24, 2.45) is 0 Å². The van der Waals surface area contributed by atoms with E-state index in [4.69, 9.17) is 0 Å². The van der Waals surface area contributed by atoms with Gasteiger partial charge in [0.15, 0.2) is 0 Å². The Labute approximate surface area is 143 Å². The van der Waals surface area contributed by atoms with Crippen molar-refractivity contribution in [2.75, 3.05) is 5.32 Å². The van der Waals surface area contributed by atoms with E-state index in [1.807, 2.05) is 20.8 Å². The van der Waals surface area contributed by atoms with Gasteiger partial charge in [0.2, 0.25) is 0 Å². The van der Waals surface area contributed by atoms with Crippen molar-refractivity contribution < 1.29 is 9.72 Å².